The minimum absolute atomic E-state index is 0.366. The highest BCUT2D eigenvalue weighted by atomic mass is 32.2. The number of hydrogen-bond donors (Lipinski definition) is 1. The molecule has 2 heterocycles. The summed E-state index contributed by atoms with van der Waals surface area (Å²) in [7, 11) is 1.62. The number of imidazole rings is 1. The van der Waals surface area contributed by atoms with Crippen molar-refractivity contribution in [1.82, 2.24) is 19.1 Å². The highest BCUT2D eigenvalue weighted by molar-refractivity contribution is 7.99. The van der Waals surface area contributed by atoms with Gasteiger partial charge in [-0.05, 0) is 13.3 Å². The molecule has 0 saturated heterocycles. The maximum Gasteiger partial charge on any atom is 0.329 e. The monoisotopic (exact) mass is 308 g/mol. The van der Waals surface area contributed by atoms with E-state index >= 15 is 0 Å². The van der Waals surface area contributed by atoms with Gasteiger partial charge in [0.15, 0.2) is 16.3 Å². The molecule has 0 aliphatic rings. The number of unbranched alkanes of at least 4 members (excludes halogenated alkanes) is 1. The van der Waals surface area contributed by atoms with Crippen LogP contribution in [0.25, 0.3) is 11.2 Å². The Morgan fingerprint density at radius 3 is 2.81 bits per heavy atom. The highest BCUT2D eigenvalue weighted by Gasteiger charge is 2.16. The predicted octanol–water partition coefficient (Wildman–Crippen LogP) is 1.89. The third-order valence-electron chi connectivity index (χ3n) is 3.25. The molecule has 7 heteroatoms. The molecule has 0 saturated carbocycles. The van der Waals surface area contributed by atoms with E-state index in [0.29, 0.717) is 11.2 Å². The van der Waals surface area contributed by atoms with Crippen LogP contribution in [0.5, 0.6) is 0 Å². The van der Waals surface area contributed by atoms with Gasteiger partial charge in [0.05, 0.1) is 0 Å². The lowest BCUT2D eigenvalue weighted by molar-refractivity contribution is 0.600. The molecular formula is C14H20N4O2S. The molecule has 0 fully saturated rings. The number of thioether (sulfide) groups is 1. The Bertz CT molecular complexity index is 770. The molecule has 0 radical (unpaired) electrons. The molecule has 0 aliphatic carbocycles. The first-order valence-corrected chi connectivity index (χ1v) is 8.02. The quantitative estimate of drug-likeness (QED) is 0.653. The Morgan fingerprint density at radius 1 is 1.38 bits per heavy atom. The first-order valence-electron chi connectivity index (χ1n) is 7.03. The van der Waals surface area contributed by atoms with Crippen molar-refractivity contribution >= 4 is 22.9 Å². The molecule has 2 aromatic heterocycles. The summed E-state index contributed by atoms with van der Waals surface area (Å²) in [5.41, 5.74) is 0.128. The minimum atomic E-state index is -0.433. The first kappa shape index (κ1) is 15.6. The molecule has 21 heavy (non-hydrogen) atoms. The van der Waals surface area contributed by atoms with Crippen molar-refractivity contribution in [2.45, 2.75) is 38.4 Å². The first-order chi connectivity index (χ1) is 10.1. The molecule has 2 aromatic rings. The maximum absolute atomic E-state index is 12.1. The number of nitrogens with zero attached hydrogens (tertiary/aromatic N) is 3. The van der Waals surface area contributed by atoms with Crippen LogP contribution in [0.3, 0.4) is 0 Å². The van der Waals surface area contributed by atoms with Gasteiger partial charge in [0.1, 0.15) is 0 Å². The average Bonchev–Trinajstić information content (AvgIpc) is 2.82. The fourth-order valence-corrected chi connectivity index (χ4v) is 2.99. The van der Waals surface area contributed by atoms with E-state index in [1.807, 2.05) is 23.6 Å². The van der Waals surface area contributed by atoms with Gasteiger partial charge in [0, 0.05) is 19.3 Å². The maximum atomic E-state index is 12.1. The Labute approximate surface area is 126 Å². The Balaban J connectivity index is 2.60. The van der Waals surface area contributed by atoms with Crippen LogP contribution in [0.1, 0.15) is 26.7 Å². The second-order valence-electron chi connectivity index (χ2n) is 4.77. The number of nitrogens with one attached hydrogen (secondary N) is 1. The van der Waals surface area contributed by atoms with Crippen molar-refractivity contribution in [3.63, 3.8) is 0 Å². The molecule has 0 spiro atoms. The van der Waals surface area contributed by atoms with E-state index in [9.17, 15) is 9.59 Å². The molecule has 114 valence electrons. The van der Waals surface area contributed by atoms with E-state index in [-0.39, 0.29) is 5.56 Å². The van der Waals surface area contributed by atoms with E-state index in [4.69, 9.17) is 0 Å². The van der Waals surface area contributed by atoms with Gasteiger partial charge in [-0.1, -0.05) is 37.3 Å². The number of aromatic nitrogens is 4. The van der Waals surface area contributed by atoms with Gasteiger partial charge in [-0.2, -0.15) is 0 Å². The molecule has 0 aromatic carbocycles. The van der Waals surface area contributed by atoms with Crippen LogP contribution in [-0.2, 0) is 13.6 Å². The number of rotatable bonds is 6. The van der Waals surface area contributed by atoms with Gasteiger partial charge in [0.25, 0.3) is 5.56 Å². The lowest BCUT2D eigenvalue weighted by Gasteiger charge is -2.06. The van der Waals surface area contributed by atoms with E-state index < -0.39 is 5.69 Å². The number of H-pyrrole nitrogens is 1. The molecule has 2 rings (SSSR count). The smallest absolute Gasteiger partial charge is 0.313 e. The fourth-order valence-electron chi connectivity index (χ4n) is 2.07. The second-order valence-corrected chi connectivity index (χ2v) is 5.76. The molecule has 6 nitrogen and oxygen atoms in total. The molecular weight excluding hydrogens is 288 g/mol. The number of allylic oxidation sites excluding steroid dienone is 1. The number of fused-ring (bicyclic) bond motifs is 1. The van der Waals surface area contributed by atoms with Gasteiger partial charge in [-0.3, -0.25) is 14.3 Å². The van der Waals surface area contributed by atoms with Gasteiger partial charge >= 0.3 is 5.69 Å². The Kier molecular flexibility index (Phi) is 5.06. The third kappa shape index (κ3) is 3.12. The summed E-state index contributed by atoms with van der Waals surface area (Å²) in [5.74, 6) is 0.789. The van der Waals surface area contributed by atoms with Crippen LogP contribution < -0.4 is 11.2 Å². The SMILES string of the molecule is C/C=C/CSc1nc2c(c(=O)[nH]c(=O)n2C)n1CCCC. The molecule has 0 atom stereocenters. The van der Waals surface area contributed by atoms with Crippen LogP contribution >= 0.6 is 11.8 Å². The molecule has 1 N–H and O–H groups in total. The standard InChI is InChI=1S/C14H20N4O2S/c1-4-6-8-18-10-11(15-14(18)21-9-7-5-2)17(3)13(20)16-12(10)19/h5,7H,4,6,8-9H2,1-3H3,(H,16,19,20)/b7-5+. The molecule has 0 aliphatic heterocycles. The highest BCUT2D eigenvalue weighted by Crippen LogP contribution is 2.22. The third-order valence-corrected chi connectivity index (χ3v) is 4.18. The zero-order valence-corrected chi connectivity index (χ0v) is 13.4. The van der Waals surface area contributed by atoms with E-state index in [1.54, 1.807) is 18.8 Å². The van der Waals surface area contributed by atoms with Crippen molar-refractivity contribution in [2.24, 2.45) is 7.05 Å². The Morgan fingerprint density at radius 2 is 2.14 bits per heavy atom. The number of aryl methyl sites for hydroxylation is 2. The predicted molar refractivity (Wildman–Crippen MR) is 86.0 cm³/mol. The minimum Gasteiger partial charge on any atom is -0.313 e. The van der Waals surface area contributed by atoms with Crippen molar-refractivity contribution < 1.29 is 0 Å². The summed E-state index contributed by atoms with van der Waals surface area (Å²) < 4.78 is 3.31. The summed E-state index contributed by atoms with van der Waals surface area (Å²) in [6.07, 6.45) is 6.01. The van der Waals surface area contributed by atoms with Gasteiger partial charge in [0.2, 0.25) is 0 Å². The fraction of sp³-hybridized carbons (Fsp3) is 0.500. The largest absolute Gasteiger partial charge is 0.329 e. The molecule has 0 bridgehead atoms. The van der Waals surface area contributed by atoms with E-state index in [2.05, 4.69) is 16.9 Å². The van der Waals surface area contributed by atoms with Crippen LogP contribution in [0, 0.1) is 0 Å². The molecule has 0 amide bonds. The van der Waals surface area contributed by atoms with E-state index in [1.165, 1.54) is 4.57 Å². The summed E-state index contributed by atoms with van der Waals surface area (Å²) in [6.45, 7) is 4.80. The van der Waals surface area contributed by atoms with Crippen molar-refractivity contribution in [2.75, 3.05) is 5.75 Å². The van der Waals surface area contributed by atoms with Crippen molar-refractivity contribution in [3.8, 4) is 0 Å². The topological polar surface area (TPSA) is 72.7 Å². The lowest BCUT2D eigenvalue weighted by Crippen LogP contribution is -2.29. The van der Waals surface area contributed by atoms with Crippen LogP contribution in [-0.4, -0.2) is 24.9 Å². The van der Waals surface area contributed by atoms with Gasteiger partial charge in [-0.25, -0.2) is 9.78 Å². The lowest BCUT2D eigenvalue weighted by atomic mass is 10.3. The number of aromatic amines is 1. The average molecular weight is 308 g/mol. The second kappa shape index (κ2) is 6.80. The van der Waals surface area contributed by atoms with Crippen LogP contribution in [0.4, 0.5) is 0 Å². The summed E-state index contributed by atoms with van der Waals surface area (Å²) in [4.78, 5) is 30.7. The summed E-state index contributed by atoms with van der Waals surface area (Å²) in [6, 6.07) is 0. The van der Waals surface area contributed by atoms with E-state index in [0.717, 1.165) is 30.3 Å². The Hall–Kier alpha value is -1.76. The zero-order valence-electron chi connectivity index (χ0n) is 12.5. The van der Waals surface area contributed by atoms with Crippen LogP contribution in [0.2, 0.25) is 0 Å². The van der Waals surface area contributed by atoms with Crippen molar-refractivity contribution in [3.05, 3.63) is 33.0 Å². The number of hydrogen-bond acceptors (Lipinski definition) is 4. The van der Waals surface area contributed by atoms with Gasteiger partial charge in [-0.15, -0.1) is 0 Å². The van der Waals surface area contributed by atoms with Gasteiger partial charge < -0.3 is 4.57 Å². The van der Waals surface area contributed by atoms with Crippen molar-refractivity contribution in [1.29, 1.82) is 0 Å². The van der Waals surface area contributed by atoms with Crippen LogP contribution in [0.15, 0.2) is 26.9 Å². The zero-order chi connectivity index (χ0) is 15.4. The normalized spacial score (nSPS) is 11.8. The molecule has 0 unspecified atom stereocenters. The summed E-state index contributed by atoms with van der Waals surface area (Å²) in [5, 5.41) is 0.781. The summed E-state index contributed by atoms with van der Waals surface area (Å²) >= 11 is 1.57.